The van der Waals surface area contributed by atoms with Gasteiger partial charge in [0.2, 0.25) is 0 Å². The zero-order valence-corrected chi connectivity index (χ0v) is 14.4. The molecule has 0 spiro atoms. The van der Waals surface area contributed by atoms with Gasteiger partial charge in [-0.15, -0.1) is 0 Å². The van der Waals surface area contributed by atoms with Crippen LogP contribution in [0, 0.1) is 10.1 Å². The molecule has 0 amide bonds. The first-order chi connectivity index (χ1) is 12.1. The number of methoxy groups -OCH3 is 2. The minimum absolute atomic E-state index is 0.00323. The van der Waals surface area contributed by atoms with E-state index in [1.165, 1.54) is 20.3 Å². The molecule has 0 saturated carbocycles. The van der Waals surface area contributed by atoms with Crippen LogP contribution in [0.5, 0.6) is 11.5 Å². The molecule has 0 heterocycles. The predicted molar refractivity (Wildman–Crippen MR) is 93.0 cm³/mol. The second-order valence-electron chi connectivity index (χ2n) is 5.66. The van der Waals surface area contributed by atoms with Crippen LogP contribution in [-0.2, 0) is 13.1 Å². The third kappa shape index (κ3) is 4.91. The Bertz CT molecular complexity index is 706. The molecule has 0 radical (unpaired) electrons. The molecule has 7 heteroatoms. The van der Waals surface area contributed by atoms with Crippen molar-refractivity contribution in [2.24, 2.45) is 0 Å². The van der Waals surface area contributed by atoms with Gasteiger partial charge in [0.15, 0.2) is 11.5 Å². The molecule has 2 aromatic rings. The molecule has 0 saturated heterocycles. The van der Waals surface area contributed by atoms with Crippen LogP contribution in [0.2, 0.25) is 0 Å². The van der Waals surface area contributed by atoms with Gasteiger partial charge in [-0.25, -0.2) is 0 Å². The van der Waals surface area contributed by atoms with E-state index < -0.39 is 4.92 Å². The lowest BCUT2D eigenvalue weighted by Crippen LogP contribution is -3.09. The van der Waals surface area contributed by atoms with Gasteiger partial charge < -0.3 is 19.5 Å². The highest BCUT2D eigenvalue weighted by molar-refractivity contribution is 5.54. The SMILES string of the molecule is COc1cc(C[NH+](CCO)Cc2ccccc2)c([N+](=O)[O-])cc1OC. The number of nitrogens with one attached hydrogen (secondary N) is 1. The average Bonchev–Trinajstić information content (AvgIpc) is 2.62. The molecule has 25 heavy (non-hydrogen) atoms. The molecule has 2 aromatic carbocycles. The topological polar surface area (TPSA) is 86.3 Å². The molecule has 0 aliphatic carbocycles. The first kappa shape index (κ1) is 18.7. The molecule has 134 valence electrons. The van der Waals surface area contributed by atoms with E-state index in [1.807, 2.05) is 30.3 Å². The van der Waals surface area contributed by atoms with Crippen molar-refractivity contribution in [1.29, 1.82) is 0 Å². The largest absolute Gasteiger partial charge is 0.493 e. The van der Waals surface area contributed by atoms with Crippen LogP contribution in [-0.4, -0.2) is 37.4 Å². The highest BCUT2D eigenvalue weighted by Crippen LogP contribution is 2.34. The number of hydrogen-bond acceptors (Lipinski definition) is 5. The Morgan fingerprint density at radius 1 is 1.08 bits per heavy atom. The fourth-order valence-electron chi connectivity index (χ4n) is 2.77. The third-order valence-electron chi connectivity index (χ3n) is 3.98. The quantitative estimate of drug-likeness (QED) is 0.526. The van der Waals surface area contributed by atoms with Gasteiger partial charge in [-0.05, 0) is 6.07 Å². The Balaban J connectivity index is 2.32. The molecule has 7 nitrogen and oxygen atoms in total. The van der Waals surface area contributed by atoms with Crippen molar-refractivity contribution in [2.45, 2.75) is 13.1 Å². The van der Waals surface area contributed by atoms with Crippen LogP contribution < -0.4 is 14.4 Å². The van der Waals surface area contributed by atoms with Gasteiger partial charge in [-0.2, -0.15) is 0 Å². The highest BCUT2D eigenvalue weighted by atomic mass is 16.6. The number of rotatable bonds is 9. The third-order valence-corrected chi connectivity index (χ3v) is 3.98. The molecule has 0 aliphatic rings. The van der Waals surface area contributed by atoms with Crippen LogP contribution in [0.15, 0.2) is 42.5 Å². The maximum absolute atomic E-state index is 11.4. The van der Waals surface area contributed by atoms with Gasteiger partial charge in [0.05, 0.1) is 37.4 Å². The van der Waals surface area contributed by atoms with E-state index >= 15 is 0 Å². The molecule has 1 atom stereocenters. The van der Waals surface area contributed by atoms with Crippen molar-refractivity contribution in [3.05, 3.63) is 63.7 Å². The van der Waals surface area contributed by atoms with Crippen LogP contribution >= 0.6 is 0 Å². The van der Waals surface area contributed by atoms with E-state index in [0.29, 0.717) is 36.7 Å². The summed E-state index contributed by atoms with van der Waals surface area (Å²) in [6.45, 7) is 1.54. The lowest BCUT2D eigenvalue weighted by molar-refractivity contribution is -0.928. The summed E-state index contributed by atoms with van der Waals surface area (Å²) in [4.78, 5) is 12.0. The Morgan fingerprint density at radius 3 is 2.28 bits per heavy atom. The number of nitro groups is 1. The van der Waals surface area contributed by atoms with Crippen LogP contribution in [0.25, 0.3) is 0 Å². The molecule has 0 aromatic heterocycles. The Hall–Kier alpha value is -2.64. The van der Waals surface area contributed by atoms with Crippen LogP contribution in [0.1, 0.15) is 11.1 Å². The van der Waals surface area contributed by atoms with Gasteiger partial charge in [-0.3, -0.25) is 10.1 Å². The molecule has 0 fully saturated rings. The second-order valence-corrected chi connectivity index (χ2v) is 5.66. The summed E-state index contributed by atoms with van der Waals surface area (Å²) in [6.07, 6.45) is 0. The minimum Gasteiger partial charge on any atom is -0.493 e. The number of hydrogen-bond donors (Lipinski definition) is 2. The smallest absolute Gasteiger partial charge is 0.282 e. The van der Waals surface area contributed by atoms with Crippen molar-refractivity contribution >= 4 is 5.69 Å². The number of nitro benzene ring substituents is 1. The molecule has 0 aliphatic heterocycles. The van der Waals surface area contributed by atoms with E-state index in [0.717, 1.165) is 10.5 Å². The van der Waals surface area contributed by atoms with Crippen LogP contribution in [0.3, 0.4) is 0 Å². The van der Waals surface area contributed by atoms with Crippen molar-refractivity contribution in [1.82, 2.24) is 0 Å². The number of ether oxygens (including phenoxy) is 2. The monoisotopic (exact) mass is 347 g/mol. The van der Waals surface area contributed by atoms with Crippen molar-refractivity contribution in [3.8, 4) is 11.5 Å². The molecule has 2 N–H and O–H groups in total. The highest BCUT2D eigenvalue weighted by Gasteiger charge is 2.23. The van der Waals surface area contributed by atoms with Gasteiger partial charge in [0.1, 0.15) is 19.6 Å². The fraction of sp³-hybridized carbons (Fsp3) is 0.333. The van der Waals surface area contributed by atoms with E-state index in [1.54, 1.807) is 6.07 Å². The number of aliphatic hydroxyl groups is 1. The maximum Gasteiger partial charge on any atom is 0.282 e. The van der Waals surface area contributed by atoms with Gasteiger partial charge in [0, 0.05) is 5.56 Å². The zero-order valence-electron chi connectivity index (χ0n) is 14.4. The number of quaternary nitrogens is 1. The standard InChI is InChI=1S/C18H22N2O5/c1-24-17-10-15(16(20(22)23)11-18(17)25-2)13-19(8-9-21)12-14-6-4-3-5-7-14/h3-7,10-11,21H,8-9,12-13H2,1-2H3/p+1. The summed E-state index contributed by atoms with van der Waals surface area (Å²) in [5.41, 5.74) is 1.64. The Labute approximate surface area is 146 Å². The number of aliphatic hydroxyl groups excluding tert-OH is 1. The van der Waals surface area contributed by atoms with E-state index in [2.05, 4.69) is 0 Å². The zero-order chi connectivity index (χ0) is 18.2. The van der Waals surface area contributed by atoms with Crippen LogP contribution in [0.4, 0.5) is 5.69 Å². The van der Waals surface area contributed by atoms with E-state index in [4.69, 9.17) is 9.47 Å². The first-order valence-electron chi connectivity index (χ1n) is 7.96. The number of nitrogens with zero attached hydrogens (tertiary/aromatic N) is 1. The van der Waals surface area contributed by atoms with Crippen molar-refractivity contribution in [2.75, 3.05) is 27.4 Å². The predicted octanol–water partition coefficient (Wildman–Crippen LogP) is 1.19. The summed E-state index contributed by atoms with van der Waals surface area (Å²) < 4.78 is 10.4. The Morgan fingerprint density at radius 2 is 1.72 bits per heavy atom. The summed E-state index contributed by atoms with van der Waals surface area (Å²) in [5, 5.41) is 20.8. The number of benzene rings is 2. The summed E-state index contributed by atoms with van der Waals surface area (Å²) in [6, 6.07) is 12.9. The van der Waals surface area contributed by atoms with Gasteiger partial charge >= 0.3 is 0 Å². The first-order valence-corrected chi connectivity index (χ1v) is 7.96. The van der Waals surface area contributed by atoms with E-state index in [9.17, 15) is 15.2 Å². The molecule has 2 rings (SSSR count). The molecular weight excluding hydrogens is 324 g/mol. The normalized spacial score (nSPS) is 11.8. The average molecular weight is 347 g/mol. The van der Waals surface area contributed by atoms with Gasteiger partial charge in [0.25, 0.3) is 5.69 Å². The maximum atomic E-state index is 11.4. The summed E-state index contributed by atoms with van der Waals surface area (Å²) in [7, 11) is 2.94. The van der Waals surface area contributed by atoms with Crippen molar-refractivity contribution in [3.63, 3.8) is 0 Å². The molecular formula is C18H23N2O5+. The minimum atomic E-state index is -0.420. The van der Waals surface area contributed by atoms with Gasteiger partial charge in [-0.1, -0.05) is 30.3 Å². The lowest BCUT2D eigenvalue weighted by Gasteiger charge is -2.19. The lowest BCUT2D eigenvalue weighted by atomic mass is 10.1. The van der Waals surface area contributed by atoms with Crippen molar-refractivity contribution < 1.29 is 24.4 Å². The van der Waals surface area contributed by atoms with E-state index in [-0.39, 0.29) is 12.3 Å². The second kappa shape index (κ2) is 9.00. The summed E-state index contributed by atoms with van der Waals surface area (Å²) in [5.74, 6) is 0.774. The Kier molecular flexibility index (Phi) is 6.73. The fourth-order valence-corrected chi connectivity index (χ4v) is 2.77. The summed E-state index contributed by atoms with van der Waals surface area (Å²) >= 11 is 0. The molecule has 1 unspecified atom stereocenters. The molecule has 0 bridgehead atoms.